The van der Waals surface area contributed by atoms with Crippen LogP contribution in [0.25, 0.3) is 0 Å². The molecule has 1 N–H and O–H groups in total. The number of carbonyl (C=O) groups is 3. The number of methoxy groups -OCH3 is 1. The highest BCUT2D eigenvalue weighted by atomic mass is 16.6. The first-order valence-corrected chi connectivity index (χ1v) is 12.2. The molecule has 2 unspecified atom stereocenters. The third kappa shape index (κ3) is 6.22. The van der Waals surface area contributed by atoms with Crippen LogP contribution in [0.3, 0.4) is 0 Å². The fraction of sp³-hybridized carbons (Fsp3) is 0.680. The molecule has 0 radical (unpaired) electrons. The first kappa shape index (κ1) is 26.7. The van der Waals surface area contributed by atoms with E-state index in [-0.39, 0.29) is 19.1 Å². The summed E-state index contributed by atoms with van der Waals surface area (Å²) in [5.74, 6) is -2.14. The summed E-state index contributed by atoms with van der Waals surface area (Å²) >= 11 is 0. The smallest absolute Gasteiger partial charge is 0.410 e. The third-order valence-corrected chi connectivity index (χ3v) is 6.14. The van der Waals surface area contributed by atoms with Crippen molar-refractivity contribution < 1.29 is 33.7 Å². The summed E-state index contributed by atoms with van der Waals surface area (Å²) in [6.45, 7) is 9.38. The molecule has 0 spiro atoms. The number of aliphatic hydroxyl groups excluding tert-OH is 1. The van der Waals surface area contributed by atoms with Gasteiger partial charge in [-0.1, -0.05) is 6.92 Å². The topological polar surface area (TPSA) is 119 Å². The Hall–Kier alpha value is -2.88. The first-order chi connectivity index (χ1) is 16.5. The van der Waals surface area contributed by atoms with Gasteiger partial charge in [-0.25, -0.2) is 9.78 Å². The molecule has 0 aromatic carbocycles. The lowest BCUT2D eigenvalue weighted by Gasteiger charge is -2.41. The number of pyridine rings is 1. The van der Waals surface area contributed by atoms with E-state index in [1.807, 2.05) is 13.8 Å². The van der Waals surface area contributed by atoms with Crippen LogP contribution in [0.15, 0.2) is 12.3 Å². The van der Waals surface area contributed by atoms with E-state index in [4.69, 9.17) is 14.2 Å². The normalized spacial score (nSPS) is 22.4. The molecule has 1 saturated heterocycles. The number of aliphatic hydroxyl groups is 1. The lowest BCUT2D eigenvalue weighted by Crippen LogP contribution is -2.59. The highest BCUT2D eigenvalue weighted by Gasteiger charge is 2.49. The van der Waals surface area contributed by atoms with Crippen molar-refractivity contribution in [2.24, 2.45) is 11.8 Å². The number of aromatic nitrogens is 1. The van der Waals surface area contributed by atoms with Crippen LogP contribution in [0.2, 0.25) is 0 Å². The van der Waals surface area contributed by atoms with Crippen LogP contribution in [0.5, 0.6) is 5.75 Å². The van der Waals surface area contributed by atoms with Gasteiger partial charge < -0.3 is 24.2 Å². The summed E-state index contributed by atoms with van der Waals surface area (Å²) in [4.78, 5) is 46.6. The Morgan fingerprint density at radius 2 is 1.83 bits per heavy atom. The standard InChI is InChI=1S/C25H37N3O7/c1-7-15-12-26-20(11-19(15)34-8-2)28(16-9-10-16)22(30)17-13-27(24(32)35-25(3,4)5)14-18(21(17)29)23(31)33-6/h11-12,16-18,21,29H,7-10,13-14H2,1-6H3/t17?,18?,21-/m0/s1. The second kappa shape index (κ2) is 10.8. The summed E-state index contributed by atoms with van der Waals surface area (Å²) in [5, 5.41) is 11.1. The average Bonchev–Trinajstić information content (AvgIpc) is 3.63. The van der Waals surface area contributed by atoms with Crippen LogP contribution < -0.4 is 9.64 Å². The van der Waals surface area contributed by atoms with Gasteiger partial charge in [0.2, 0.25) is 5.91 Å². The van der Waals surface area contributed by atoms with Crippen molar-refractivity contribution in [1.82, 2.24) is 9.88 Å². The molecule has 194 valence electrons. The predicted molar refractivity (Wildman–Crippen MR) is 128 cm³/mol. The van der Waals surface area contributed by atoms with E-state index in [0.717, 1.165) is 24.8 Å². The first-order valence-electron chi connectivity index (χ1n) is 12.2. The maximum atomic E-state index is 13.9. The fourth-order valence-electron chi connectivity index (χ4n) is 4.24. The summed E-state index contributed by atoms with van der Waals surface area (Å²) in [7, 11) is 1.21. The average molecular weight is 492 g/mol. The van der Waals surface area contributed by atoms with Gasteiger partial charge in [0, 0.05) is 37.0 Å². The van der Waals surface area contributed by atoms with Crippen molar-refractivity contribution in [3.05, 3.63) is 17.8 Å². The molecule has 2 fully saturated rings. The number of nitrogens with zero attached hydrogens (tertiary/aromatic N) is 3. The van der Waals surface area contributed by atoms with Crippen LogP contribution in [0.1, 0.15) is 53.0 Å². The monoisotopic (exact) mass is 491 g/mol. The number of aryl methyl sites for hydroxylation is 1. The van der Waals surface area contributed by atoms with Crippen molar-refractivity contribution in [2.75, 3.05) is 31.7 Å². The molecule has 3 atom stereocenters. The summed E-state index contributed by atoms with van der Waals surface area (Å²) < 4.78 is 16.1. The fourth-order valence-corrected chi connectivity index (χ4v) is 4.24. The number of rotatable bonds is 7. The molecule has 1 aliphatic heterocycles. The van der Waals surface area contributed by atoms with Gasteiger partial charge in [0.15, 0.2) is 0 Å². The zero-order valence-corrected chi connectivity index (χ0v) is 21.4. The Morgan fingerprint density at radius 1 is 1.17 bits per heavy atom. The largest absolute Gasteiger partial charge is 0.493 e. The van der Waals surface area contributed by atoms with Gasteiger partial charge in [0.05, 0.1) is 25.7 Å². The number of likely N-dealkylation sites (tertiary alicyclic amines) is 1. The third-order valence-electron chi connectivity index (χ3n) is 6.14. The van der Waals surface area contributed by atoms with Gasteiger partial charge in [-0.2, -0.15) is 0 Å². The number of hydrogen-bond acceptors (Lipinski definition) is 8. The van der Waals surface area contributed by atoms with Crippen LogP contribution in [0.4, 0.5) is 10.6 Å². The number of hydrogen-bond donors (Lipinski definition) is 1. The van der Waals surface area contributed by atoms with Gasteiger partial charge in [0.25, 0.3) is 0 Å². The Kier molecular flexibility index (Phi) is 8.25. The van der Waals surface area contributed by atoms with Gasteiger partial charge in [-0.05, 0) is 47.0 Å². The molecule has 2 heterocycles. The Bertz CT molecular complexity index is 941. The van der Waals surface area contributed by atoms with Crippen LogP contribution in [0, 0.1) is 11.8 Å². The SMILES string of the molecule is CCOc1cc(N(C(=O)C2CN(C(=O)OC(C)(C)C)CC(C(=O)OC)[C@H]2O)C2CC2)ncc1CC. The lowest BCUT2D eigenvalue weighted by molar-refractivity contribution is -0.156. The van der Waals surface area contributed by atoms with E-state index < -0.39 is 41.5 Å². The summed E-state index contributed by atoms with van der Waals surface area (Å²) in [5.41, 5.74) is 0.173. The van der Waals surface area contributed by atoms with E-state index in [2.05, 4.69) is 4.98 Å². The minimum Gasteiger partial charge on any atom is -0.493 e. The quantitative estimate of drug-likeness (QED) is 0.578. The summed E-state index contributed by atoms with van der Waals surface area (Å²) in [6.07, 6.45) is 2.05. The molecule has 10 heteroatoms. The molecule has 0 bridgehead atoms. The van der Waals surface area contributed by atoms with Gasteiger partial charge in [-0.3, -0.25) is 14.5 Å². The molecule has 1 aromatic heterocycles. The second-order valence-corrected chi connectivity index (χ2v) is 9.99. The van der Waals surface area contributed by atoms with E-state index in [9.17, 15) is 19.5 Å². The Morgan fingerprint density at radius 3 is 2.37 bits per heavy atom. The Balaban J connectivity index is 1.94. The molecule has 35 heavy (non-hydrogen) atoms. The van der Waals surface area contributed by atoms with E-state index in [1.165, 1.54) is 12.0 Å². The minimum atomic E-state index is -1.32. The van der Waals surface area contributed by atoms with Gasteiger partial charge in [-0.15, -0.1) is 0 Å². The van der Waals surface area contributed by atoms with Crippen molar-refractivity contribution in [1.29, 1.82) is 0 Å². The maximum Gasteiger partial charge on any atom is 0.410 e. The van der Waals surface area contributed by atoms with Crippen molar-refractivity contribution in [2.45, 2.75) is 71.6 Å². The number of ether oxygens (including phenoxy) is 3. The van der Waals surface area contributed by atoms with Crippen molar-refractivity contribution in [3.63, 3.8) is 0 Å². The highest BCUT2D eigenvalue weighted by molar-refractivity contribution is 5.97. The van der Waals surface area contributed by atoms with E-state index in [0.29, 0.717) is 18.2 Å². The molecule has 3 rings (SSSR count). The number of esters is 1. The van der Waals surface area contributed by atoms with Crippen LogP contribution in [-0.2, 0) is 25.5 Å². The molecular weight excluding hydrogens is 454 g/mol. The van der Waals surface area contributed by atoms with Gasteiger partial charge in [0.1, 0.15) is 23.1 Å². The van der Waals surface area contributed by atoms with Crippen molar-refractivity contribution in [3.8, 4) is 5.75 Å². The maximum absolute atomic E-state index is 13.9. The molecule has 2 aliphatic rings. The van der Waals surface area contributed by atoms with Crippen molar-refractivity contribution >= 4 is 23.8 Å². The van der Waals surface area contributed by atoms with Crippen LogP contribution >= 0.6 is 0 Å². The molecular formula is C25H37N3O7. The molecule has 1 saturated carbocycles. The zero-order valence-electron chi connectivity index (χ0n) is 21.4. The van der Waals surface area contributed by atoms with E-state index in [1.54, 1.807) is 37.9 Å². The number of carbonyl (C=O) groups excluding carboxylic acids is 3. The predicted octanol–water partition coefficient (Wildman–Crippen LogP) is 2.56. The lowest BCUT2D eigenvalue weighted by atomic mass is 9.85. The number of anilines is 1. The summed E-state index contributed by atoms with van der Waals surface area (Å²) in [6, 6.07) is 1.68. The van der Waals surface area contributed by atoms with Gasteiger partial charge >= 0.3 is 12.1 Å². The molecule has 1 aromatic rings. The molecule has 2 amide bonds. The Labute approximate surface area is 206 Å². The highest BCUT2D eigenvalue weighted by Crippen LogP contribution is 2.36. The number of piperidine rings is 1. The number of amides is 2. The second-order valence-electron chi connectivity index (χ2n) is 9.99. The molecule has 10 nitrogen and oxygen atoms in total. The van der Waals surface area contributed by atoms with Crippen LogP contribution in [-0.4, -0.2) is 77.5 Å². The molecule has 1 aliphatic carbocycles. The minimum absolute atomic E-state index is 0.0716. The zero-order chi connectivity index (χ0) is 25.9. The van der Waals surface area contributed by atoms with E-state index >= 15 is 0 Å².